The van der Waals surface area contributed by atoms with E-state index in [4.69, 9.17) is 14.6 Å². The fraction of sp³-hybridized carbons (Fsp3) is 0.444. The van der Waals surface area contributed by atoms with Gasteiger partial charge in [0.25, 0.3) is 0 Å². The Balaban J connectivity index is 1.66. The second-order valence-electron chi connectivity index (χ2n) is 8.93. The van der Waals surface area contributed by atoms with Crippen molar-refractivity contribution in [1.82, 2.24) is 10.2 Å². The largest absolute Gasteiger partial charge is 0.481 e. The Labute approximate surface area is 206 Å². The van der Waals surface area contributed by atoms with E-state index in [0.717, 1.165) is 22.3 Å². The molecule has 0 saturated carbocycles. The van der Waals surface area contributed by atoms with Crippen LogP contribution in [0.15, 0.2) is 48.5 Å². The number of alkyl carbamates (subject to hydrolysis) is 1. The molecule has 0 fully saturated rings. The molecule has 2 aromatic carbocycles. The van der Waals surface area contributed by atoms with Crippen molar-refractivity contribution in [3.8, 4) is 11.1 Å². The van der Waals surface area contributed by atoms with Crippen molar-refractivity contribution in [1.29, 1.82) is 0 Å². The second kappa shape index (κ2) is 12.4. The van der Waals surface area contributed by atoms with Gasteiger partial charge < -0.3 is 24.8 Å². The molecule has 0 saturated heterocycles. The van der Waals surface area contributed by atoms with Crippen LogP contribution in [0, 0.1) is 0 Å². The third kappa shape index (κ3) is 6.60. The maximum Gasteiger partial charge on any atom is 0.407 e. The number of methoxy groups -OCH3 is 1. The standard InChI is InChI=1S/C27H34N2O6/c1-18(2)29(15-8-13-25(30)31)26(32)24(14-16-34-3)28-27(33)35-17-23-21-11-6-4-9-19(21)20-10-5-7-12-22(20)23/h4-7,9-12,18,23-24H,8,13-17H2,1-3H3,(H,28,33)(H,30,31). The molecule has 8 heteroatoms. The Bertz CT molecular complexity index is 992. The van der Waals surface area contributed by atoms with Gasteiger partial charge in [-0.3, -0.25) is 9.59 Å². The molecule has 2 N–H and O–H groups in total. The molecule has 8 nitrogen and oxygen atoms in total. The number of fused-ring (bicyclic) bond motifs is 3. The highest BCUT2D eigenvalue weighted by atomic mass is 16.5. The molecule has 0 heterocycles. The number of amides is 2. The highest BCUT2D eigenvalue weighted by Crippen LogP contribution is 2.44. The highest BCUT2D eigenvalue weighted by molar-refractivity contribution is 5.86. The summed E-state index contributed by atoms with van der Waals surface area (Å²) in [6.45, 7) is 4.44. The summed E-state index contributed by atoms with van der Waals surface area (Å²) in [6, 6.07) is 15.2. The number of carbonyl (C=O) groups is 3. The van der Waals surface area contributed by atoms with E-state index in [1.807, 2.05) is 50.2 Å². The maximum atomic E-state index is 13.2. The molecule has 3 rings (SSSR count). The average Bonchev–Trinajstić information content (AvgIpc) is 3.16. The minimum atomic E-state index is -0.908. The first-order chi connectivity index (χ1) is 16.8. The van der Waals surface area contributed by atoms with E-state index in [1.54, 1.807) is 4.90 Å². The van der Waals surface area contributed by atoms with E-state index in [1.165, 1.54) is 7.11 Å². The van der Waals surface area contributed by atoms with Crippen LogP contribution in [0.4, 0.5) is 4.79 Å². The fourth-order valence-electron chi connectivity index (χ4n) is 4.50. The Morgan fingerprint density at radius 1 is 1.03 bits per heavy atom. The van der Waals surface area contributed by atoms with Crippen LogP contribution in [0.1, 0.15) is 50.2 Å². The minimum absolute atomic E-state index is 0.0287. The van der Waals surface area contributed by atoms with Gasteiger partial charge in [-0.1, -0.05) is 48.5 Å². The van der Waals surface area contributed by atoms with E-state index in [9.17, 15) is 14.4 Å². The molecule has 0 aliphatic heterocycles. The van der Waals surface area contributed by atoms with Gasteiger partial charge in [0.1, 0.15) is 12.6 Å². The number of hydrogen-bond acceptors (Lipinski definition) is 5. The Morgan fingerprint density at radius 2 is 1.63 bits per heavy atom. The summed E-state index contributed by atoms with van der Waals surface area (Å²) in [7, 11) is 1.53. The van der Waals surface area contributed by atoms with E-state index >= 15 is 0 Å². The zero-order chi connectivity index (χ0) is 25.4. The summed E-state index contributed by atoms with van der Waals surface area (Å²) < 4.78 is 10.7. The van der Waals surface area contributed by atoms with Crippen molar-refractivity contribution in [2.75, 3.05) is 26.9 Å². The summed E-state index contributed by atoms with van der Waals surface area (Å²) in [5, 5.41) is 11.6. The highest BCUT2D eigenvalue weighted by Gasteiger charge is 2.31. The lowest BCUT2D eigenvalue weighted by molar-refractivity contribution is -0.139. The first kappa shape index (κ1) is 26.2. The first-order valence-electron chi connectivity index (χ1n) is 12.0. The Hall–Kier alpha value is -3.39. The number of nitrogens with zero attached hydrogens (tertiary/aromatic N) is 1. The van der Waals surface area contributed by atoms with Gasteiger partial charge in [-0.25, -0.2) is 4.79 Å². The predicted molar refractivity (Wildman–Crippen MR) is 132 cm³/mol. The van der Waals surface area contributed by atoms with Crippen molar-refractivity contribution >= 4 is 18.0 Å². The number of ether oxygens (including phenoxy) is 2. The molecule has 1 aliphatic carbocycles. The van der Waals surface area contributed by atoms with Crippen LogP contribution in [0.3, 0.4) is 0 Å². The number of hydrogen-bond donors (Lipinski definition) is 2. The quantitative estimate of drug-likeness (QED) is 0.473. The van der Waals surface area contributed by atoms with E-state index < -0.39 is 18.1 Å². The molecule has 0 aromatic heterocycles. The molecule has 35 heavy (non-hydrogen) atoms. The molecule has 1 aliphatic rings. The summed E-state index contributed by atoms with van der Waals surface area (Å²) in [5.74, 6) is -1.27. The van der Waals surface area contributed by atoms with E-state index in [-0.39, 0.29) is 43.9 Å². The van der Waals surface area contributed by atoms with Crippen LogP contribution in [0.25, 0.3) is 11.1 Å². The van der Waals surface area contributed by atoms with Gasteiger partial charge in [0, 0.05) is 45.1 Å². The number of rotatable bonds is 12. The lowest BCUT2D eigenvalue weighted by Crippen LogP contribution is -2.51. The maximum absolute atomic E-state index is 13.2. The molecular formula is C27H34N2O6. The molecule has 1 atom stereocenters. The average molecular weight is 483 g/mol. The molecule has 188 valence electrons. The lowest BCUT2D eigenvalue weighted by atomic mass is 9.98. The van der Waals surface area contributed by atoms with Crippen molar-refractivity contribution < 1.29 is 29.0 Å². The second-order valence-corrected chi connectivity index (χ2v) is 8.93. The van der Waals surface area contributed by atoms with Gasteiger partial charge in [-0.2, -0.15) is 0 Å². The lowest BCUT2D eigenvalue weighted by Gasteiger charge is -2.31. The third-order valence-electron chi connectivity index (χ3n) is 6.24. The molecular weight excluding hydrogens is 448 g/mol. The zero-order valence-corrected chi connectivity index (χ0v) is 20.5. The summed E-state index contributed by atoms with van der Waals surface area (Å²) >= 11 is 0. The van der Waals surface area contributed by atoms with Crippen molar-refractivity contribution in [2.24, 2.45) is 0 Å². The minimum Gasteiger partial charge on any atom is -0.481 e. The van der Waals surface area contributed by atoms with Crippen LogP contribution >= 0.6 is 0 Å². The van der Waals surface area contributed by atoms with Crippen LogP contribution in [0.5, 0.6) is 0 Å². The Kier molecular flexibility index (Phi) is 9.25. The third-order valence-corrected chi connectivity index (χ3v) is 6.24. The molecule has 1 unspecified atom stereocenters. The first-order valence-corrected chi connectivity index (χ1v) is 12.0. The van der Waals surface area contributed by atoms with Crippen molar-refractivity contribution in [2.45, 2.75) is 51.1 Å². The molecule has 0 bridgehead atoms. The van der Waals surface area contributed by atoms with Gasteiger partial charge in [0.05, 0.1) is 0 Å². The van der Waals surface area contributed by atoms with E-state index in [0.29, 0.717) is 13.0 Å². The predicted octanol–water partition coefficient (Wildman–Crippen LogP) is 4.03. The number of benzene rings is 2. The number of carbonyl (C=O) groups excluding carboxylic acids is 2. The monoisotopic (exact) mass is 482 g/mol. The summed E-state index contributed by atoms with van der Waals surface area (Å²) in [4.78, 5) is 38.5. The van der Waals surface area contributed by atoms with Gasteiger partial charge >= 0.3 is 12.1 Å². The van der Waals surface area contributed by atoms with E-state index in [2.05, 4.69) is 17.4 Å². The summed E-state index contributed by atoms with van der Waals surface area (Å²) in [5.41, 5.74) is 4.49. The SMILES string of the molecule is COCCC(NC(=O)OCC1c2ccccc2-c2ccccc21)C(=O)N(CCCC(=O)O)C(C)C. The zero-order valence-electron chi connectivity index (χ0n) is 20.5. The van der Waals surface area contributed by atoms with Crippen molar-refractivity contribution in [3.63, 3.8) is 0 Å². The van der Waals surface area contributed by atoms with Crippen LogP contribution in [0.2, 0.25) is 0 Å². The number of carboxylic acids is 1. The van der Waals surface area contributed by atoms with Crippen LogP contribution < -0.4 is 5.32 Å². The molecule has 0 spiro atoms. The number of nitrogens with one attached hydrogen (secondary N) is 1. The fourth-order valence-corrected chi connectivity index (χ4v) is 4.50. The number of aliphatic carboxylic acids is 1. The molecule has 2 aromatic rings. The summed E-state index contributed by atoms with van der Waals surface area (Å²) in [6.07, 6.45) is -0.0855. The Morgan fingerprint density at radius 3 is 2.17 bits per heavy atom. The van der Waals surface area contributed by atoms with Crippen LogP contribution in [-0.4, -0.2) is 66.9 Å². The normalized spacial score (nSPS) is 13.1. The van der Waals surface area contributed by atoms with Crippen molar-refractivity contribution in [3.05, 3.63) is 59.7 Å². The molecule has 2 amide bonds. The van der Waals surface area contributed by atoms with Gasteiger partial charge in [-0.05, 0) is 42.5 Å². The number of carboxylic acid groups (broad SMARTS) is 1. The molecule has 0 radical (unpaired) electrons. The van der Waals surface area contributed by atoms with Gasteiger partial charge in [0.2, 0.25) is 5.91 Å². The van der Waals surface area contributed by atoms with Gasteiger partial charge in [0.15, 0.2) is 0 Å². The smallest absolute Gasteiger partial charge is 0.407 e. The topological polar surface area (TPSA) is 105 Å². The van der Waals surface area contributed by atoms with Gasteiger partial charge in [-0.15, -0.1) is 0 Å². The van der Waals surface area contributed by atoms with Crippen LogP contribution in [-0.2, 0) is 19.1 Å².